The van der Waals surface area contributed by atoms with Crippen LogP contribution in [-0.4, -0.2) is 91.2 Å². The maximum atomic E-state index is 14.4. The lowest BCUT2D eigenvalue weighted by molar-refractivity contribution is -0.186. The zero-order chi connectivity index (χ0) is 34.9. The summed E-state index contributed by atoms with van der Waals surface area (Å²) in [5, 5.41) is 0. The normalized spacial score (nSPS) is 21.5. The van der Waals surface area contributed by atoms with Gasteiger partial charge in [0.25, 0.3) is 0 Å². The average Bonchev–Trinajstić information content (AvgIpc) is 3.06. The van der Waals surface area contributed by atoms with Crippen LogP contribution in [0.25, 0.3) is 0 Å². The molecule has 0 saturated heterocycles. The number of benzene rings is 2. The molecule has 1 amide bonds. The van der Waals surface area contributed by atoms with E-state index in [2.05, 4.69) is 4.90 Å². The molecule has 10 nitrogen and oxygen atoms in total. The Kier molecular flexibility index (Phi) is 10.3. The first-order valence-electron chi connectivity index (χ1n) is 15.7. The van der Waals surface area contributed by atoms with Gasteiger partial charge in [0.2, 0.25) is 10.0 Å². The van der Waals surface area contributed by atoms with Gasteiger partial charge in [-0.1, -0.05) is 59.7 Å². The standard InChI is InChI=1S/C34H39F3N4O6S/c1-23-12-16-41(48(45,46)28-11-10-26-13-15-40(22-27(26)18-28)31(43)34(35,36)37)33(19-23,32(44)47-2)30(42)29(38)17-25-9-6-14-39(21-25)20-24-7-4-3-5-8-24/h3-5,7-12,18,29H,6,13-17,19-22,38H2,1-2H3/t29?,33-/m1/s1. The first-order valence-corrected chi connectivity index (χ1v) is 17.1. The summed E-state index contributed by atoms with van der Waals surface area (Å²) in [6.45, 7) is 2.77. The zero-order valence-corrected chi connectivity index (χ0v) is 27.6. The molecule has 2 atom stereocenters. The number of carbonyl (C=O) groups excluding carboxylic acids is 3. The summed E-state index contributed by atoms with van der Waals surface area (Å²) in [6, 6.07) is 12.7. The van der Waals surface area contributed by atoms with Crippen LogP contribution in [0.5, 0.6) is 0 Å². The number of alkyl halides is 3. The summed E-state index contributed by atoms with van der Waals surface area (Å²) in [6.07, 6.45) is -0.832. The number of nitrogens with two attached hydrogens (primary N) is 1. The largest absolute Gasteiger partial charge is 0.471 e. The molecular weight excluding hydrogens is 649 g/mol. The van der Waals surface area contributed by atoms with E-state index < -0.39 is 52.0 Å². The number of hydrogen-bond donors (Lipinski definition) is 1. The molecule has 2 aromatic carbocycles. The number of sulfonamides is 1. The number of nitrogens with zero attached hydrogens (tertiary/aromatic N) is 3. The van der Waals surface area contributed by atoms with Crippen LogP contribution in [0.3, 0.4) is 0 Å². The van der Waals surface area contributed by atoms with Gasteiger partial charge in [-0.15, -0.1) is 0 Å². The fourth-order valence-corrected chi connectivity index (χ4v) is 8.47. The third kappa shape index (κ3) is 7.12. The summed E-state index contributed by atoms with van der Waals surface area (Å²) in [5.74, 6) is -3.91. The highest BCUT2D eigenvalue weighted by atomic mass is 32.2. The number of rotatable bonds is 9. The Morgan fingerprint density at radius 3 is 2.44 bits per heavy atom. The highest BCUT2D eigenvalue weighted by molar-refractivity contribution is 7.89. The molecule has 0 bridgehead atoms. The quantitative estimate of drug-likeness (QED) is 0.241. The third-order valence-electron chi connectivity index (χ3n) is 9.18. The molecule has 0 spiro atoms. The Morgan fingerprint density at radius 2 is 1.75 bits per heavy atom. The number of halogens is 3. The van der Waals surface area contributed by atoms with Gasteiger partial charge in [0.1, 0.15) is 0 Å². The van der Waals surface area contributed by atoms with E-state index in [-0.39, 0.29) is 42.8 Å². The highest BCUT2D eigenvalue weighted by Crippen LogP contribution is 2.38. The van der Waals surface area contributed by atoms with Gasteiger partial charge in [-0.25, -0.2) is 13.2 Å². The molecule has 5 rings (SSSR count). The van der Waals surface area contributed by atoms with Crippen molar-refractivity contribution in [2.45, 2.75) is 68.3 Å². The Balaban J connectivity index is 1.43. The van der Waals surface area contributed by atoms with Crippen LogP contribution in [0.1, 0.15) is 42.9 Å². The Labute approximate surface area is 278 Å². The van der Waals surface area contributed by atoms with Crippen molar-refractivity contribution in [2.24, 2.45) is 5.73 Å². The van der Waals surface area contributed by atoms with Crippen LogP contribution < -0.4 is 5.73 Å². The molecule has 3 heterocycles. The van der Waals surface area contributed by atoms with Gasteiger partial charge in [0.15, 0.2) is 11.3 Å². The van der Waals surface area contributed by atoms with Crippen molar-refractivity contribution in [2.75, 3.05) is 33.3 Å². The second-order valence-electron chi connectivity index (χ2n) is 12.5. The van der Waals surface area contributed by atoms with Gasteiger partial charge in [-0.3, -0.25) is 14.5 Å². The molecule has 14 heteroatoms. The molecule has 258 valence electrons. The predicted molar refractivity (Wildman–Crippen MR) is 171 cm³/mol. The van der Waals surface area contributed by atoms with Gasteiger partial charge in [-0.05, 0) is 55.0 Å². The molecule has 0 aliphatic carbocycles. The van der Waals surface area contributed by atoms with Gasteiger partial charge in [-0.2, -0.15) is 17.5 Å². The Hall–Kier alpha value is -3.85. The molecule has 3 aliphatic heterocycles. The monoisotopic (exact) mass is 688 g/mol. The molecule has 0 radical (unpaired) electrons. The van der Waals surface area contributed by atoms with Gasteiger partial charge >= 0.3 is 18.1 Å². The van der Waals surface area contributed by atoms with Crippen LogP contribution in [-0.2, 0) is 48.7 Å². The second-order valence-corrected chi connectivity index (χ2v) is 14.4. The molecule has 0 aromatic heterocycles. The number of methoxy groups -OCH3 is 1. The molecule has 48 heavy (non-hydrogen) atoms. The number of carbonyl (C=O) groups is 3. The molecular formula is C34H39F3N4O6S. The first-order chi connectivity index (χ1) is 22.7. The third-order valence-corrected chi connectivity index (χ3v) is 11.1. The van der Waals surface area contributed by atoms with Crippen molar-refractivity contribution in [3.63, 3.8) is 0 Å². The van der Waals surface area contributed by atoms with E-state index >= 15 is 0 Å². The molecule has 2 N–H and O–H groups in total. The first kappa shape index (κ1) is 35.5. The fourth-order valence-electron chi connectivity index (χ4n) is 6.78. The Morgan fingerprint density at radius 1 is 1.02 bits per heavy atom. The van der Waals surface area contributed by atoms with Crippen molar-refractivity contribution in [3.05, 3.63) is 88.5 Å². The lowest BCUT2D eigenvalue weighted by atomic mass is 9.80. The number of ether oxygens (including phenoxy) is 1. The summed E-state index contributed by atoms with van der Waals surface area (Å²) < 4.78 is 74.0. The number of amides is 1. The molecule has 0 fully saturated rings. The van der Waals surface area contributed by atoms with Crippen molar-refractivity contribution >= 4 is 27.7 Å². The van der Waals surface area contributed by atoms with E-state index in [1.807, 2.05) is 36.4 Å². The minimum absolute atomic E-state index is 0.0984. The highest BCUT2D eigenvalue weighted by Gasteiger charge is 2.58. The smallest absolute Gasteiger partial charge is 0.467 e. The van der Waals surface area contributed by atoms with Crippen LogP contribution in [0, 0.1) is 0 Å². The average molecular weight is 689 g/mol. The van der Waals surface area contributed by atoms with E-state index in [4.69, 9.17) is 10.5 Å². The number of esters is 1. The zero-order valence-electron chi connectivity index (χ0n) is 26.8. The van der Waals surface area contributed by atoms with Crippen LogP contribution in [0.2, 0.25) is 0 Å². The van der Waals surface area contributed by atoms with E-state index in [1.54, 1.807) is 13.0 Å². The molecule has 2 aromatic rings. The van der Waals surface area contributed by atoms with E-state index in [0.29, 0.717) is 29.1 Å². The molecule has 1 unspecified atom stereocenters. The van der Waals surface area contributed by atoms with Crippen molar-refractivity contribution in [1.82, 2.24) is 14.1 Å². The maximum absolute atomic E-state index is 14.4. The topological polar surface area (TPSA) is 130 Å². The maximum Gasteiger partial charge on any atom is 0.471 e. The number of ketones is 1. The summed E-state index contributed by atoms with van der Waals surface area (Å²) in [4.78, 5) is 42.5. The van der Waals surface area contributed by atoms with Crippen LogP contribution in [0.15, 0.2) is 76.7 Å². The summed E-state index contributed by atoms with van der Waals surface area (Å²) >= 11 is 0. The van der Waals surface area contributed by atoms with Gasteiger partial charge < -0.3 is 15.4 Å². The van der Waals surface area contributed by atoms with E-state index in [1.165, 1.54) is 18.2 Å². The fraction of sp³-hybridized carbons (Fsp3) is 0.441. The van der Waals surface area contributed by atoms with Crippen molar-refractivity contribution in [3.8, 4) is 0 Å². The summed E-state index contributed by atoms with van der Waals surface area (Å²) in [5.41, 5.74) is 7.64. The van der Waals surface area contributed by atoms with Gasteiger partial charge in [0.05, 0.1) is 18.0 Å². The lowest BCUT2D eigenvalue weighted by Gasteiger charge is -2.43. The lowest BCUT2D eigenvalue weighted by Crippen LogP contribution is -2.67. The van der Waals surface area contributed by atoms with Gasteiger partial charge in [0, 0.05) is 45.7 Å². The van der Waals surface area contributed by atoms with Crippen molar-refractivity contribution < 1.29 is 40.7 Å². The number of Topliss-reactive ketones (excluding diaryl/α,β-unsaturated/α-hetero) is 1. The molecule has 3 aliphatic rings. The predicted octanol–water partition coefficient (Wildman–Crippen LogP) is 3.50. The number of fused-ring (bicyclic) bond motifs is 1. The second kappa shape index (κ2) is 13.9. The van der Waals surface area contributed by atoms with Crippen LogP contribution >= 0.6 is 0 Å². The van der Waals surface area contributed by atoms with E-state index in [9.17, 15) is 36.0 Å². The Bertz CT molecular complexity index is 1740. The van der Waals surface area contributed by atoms with Crippen molar-refractivity contribution in [1.29, 1.82) is 0 Å². The SMILES string of the molecule is COC(=O)[C@]1(C(=O)C(N)CC2=CCCN(Cc3ccccc3)C2)CC(C)=CCN1S(=O)(=O)c1ccc2c(c1)CN(C(=O)C(F)(F)F)CC2. The van der Waals surface area contributed by atoms with E-state index in [0.717, 1.165) is 35.5 Å². The minimum Gasteiger partial charge on any atom is -0.467 e. The minimum atomic E-state index is -5.08. The summed E-state index contributed by atoms with van der Waals surface area (Å²) in [7, 11) is -3.57. The van der Waals surface area contributed by atoms with Crippen LogP contribution in [0.4, 0.5) is 13.2 Å². The molecule has 0 saturated carbocycles. The number of hydrogen-bond acceptors (Lipinski definition) is 8.